The maximum Gasteiger partial charge on any atom is 0.120 e. The molecule has 1 heterocycles. The molecule has 2 nitrogen and oxygen atoms in total. The summed E-state index contributed by atoms with van der Waals surface area (Å²) >= 11 is 0. The van der Waals surface area contributed by atoms with Gasteiger partial charge >= 0.3 is 0 Å². The van der Waals surface area contributed by atoms with Crippen molar-refractivity contribution in [1.82, 2.24) is 0 Å². The van der Waals surface area contributed by atoms with Crippen LogP contribution < -0.4 is 24.0 Å². The predicted molar refractivity (Wildman–Crippen MR) is 95.1 cm³/mol. The van der Waals surface area contributed by atoms with Crippen molar-refractivity contribution in [2.75, 3.05) is 26.7 Å². The molecule has 1 aliphatic rings. The summed E-state index contributed by atoms with van der Waals surface area (Å²) in [5.41, 5.74) is 1.09. The first-order valence-corrected chi connectivity index (χ1v) is 8.79. The van der Waals surface area contributed by atoms with Crippen LogP contribution in [0.3, 0.4) is 0 Å². The molecule has 1 fully saturated rings. The molecule has 0 spiro atoms. The van der Waals surface area contributed by atoms with E-state index < -0.39 is 5.60 Å². The molecular weight excluding hydrogens is 409 g/mol. The van der Waals surface area contributed by atoms with E-state index in [0.29, 0.717) is 0 Å². The summed E-state index contributed by atoms with van der Waals surface area (Å²) in [5.74, 6) is 0. The van der Waals surface area contributed by atoms with E-state index in [0.717, 1.165) is 28.6 Å². The van der Waals surface area contributed by atoms with Gasteiger partial charge in [0, 0.05) is 6.42 Å². The number of piperidine rings is 1. The maximum atomic E-state index is 11.6. The average molecular weight is 437 g/mol. The van der Waals surface area contributed by atoms with Crippen LogP contribution in [0.25, 0.3) is 0 Å². The molecule has 3 heteroatoms. The Labute approximate surface area is 163 Å². The number of halogens is 1. The highest BCUT2D eigenvalue weighted by Crippen LogP contribution is 2.34. The summed E-state index contributed by atoms with van der Waals surface area (Å²) in [6.45, 7) is 3.49. The van der Waals surface area contributed by atoms with Crippen molar-refractivity contribution in [3.8, 4) is 0 Å². The van der Waals surface area contributed by atoms with Gasteiger partial charge in [-0.15, -0.1) is 0 Å². The lowest BCUT2D eigenvalue weighted by Gasteiger charge is -2.40. The van der Waals surface area contributed by atoms with E-state index in [1.54, 1.807) is 0 Å². The monoisotopic (exact) mass is 437 g/mol. The quantitative estimate of drug-likeness (QED) is 0.546. The lowest BCUT2D eigenvalue weighted by Crippen LogP contribution is -3.00. The smallest absolute Gasteiger partial charge is 0.120 e. The van der Waals surface area contributed by atoms with Gasteiger partial charge in [0.25, 0.3) is 0 Å². The van der Waals surface area contributed by atoms with Gasteiger partial charge in [-0.3, -0.25) is 0 Å². The molecule has 0 aromatic heterocycles. The van der Waals surface area contributed by atoms with Gasteiger partial charge in [-0.1, -0.05) is 60.7 Å². The van der Waals surface area contributed by atoms with E-state index in [2.05, 4.69) is 7.05 Å². The molecule has 130 valence electrons. The predicted octanol–water partition coefficient (Wildman–Crippen LogP) is 0.947. The SMILES string of the molecule is C[N+]1(CCC(O)(c2ccccc2)c2ccccc2)CCCCC1.[I-]. The highest BCUT2D eigenvalue weighted by atomic mass is 127. The zero-order chi connectivity index (χ0) is 16.2. The molecular formula is C21H28INO. The molecule has 24 heavy (non-hydrogen) atoms. The second-order valence-electron chi connectivity index (χ2n) is 7.19. The van der Waals surface area contributed by atoms with Crippen molar-refractivity contribution in [2.45, 2.75) is 31.3 Å². The zero-order valence-corrected chi connectivity index (χ0v) is 16.7. The van der Waals surface area contributed by atoms with Gasteiger partial charge in [0.1, 0.15) is 5.60 Å². The topological polar surface area (TPSA) is 20.2 Å². The van der Waals surface area contributed by atoms with Gasteiger partial charge in [-0.05, 0) is 30.4 Å². The van der Waals surface area contributed by atoms with Crippen molar-refractivity contribution in [2.24, 2.45) is 0 Å². The minimum atomic E-state index is -0.902. The van der Waals surface area contributed by atoms with Crippen LogP contribution in [-0.4, -0.2) is 36.3 Å². The maximum absolute atomic E-state index is 11.6. The van der Waals surface area contributed by atoms with Crippen LogP contribution in [0.4, 0.5) is 0 Å². The number of hydrogen-bond acceptors (Lipinski definition) is 1. The Bertz CT molecular complexity index is 569. The average Bonchev–Trinajstić information content (AvgIpc) is 2.62. The number of nitrogens with zero attached hydrogens (tertiary/aromatic N) is 1. The minimum Gasteiger partial charge on any atom is -1.00 e. The van der Waals surface area contributed by atoms with Gasteiger partial charge in [0.05, 0.1) is 26.7 Å². The Morgan fingerprint density at radius 1 is 0.833 bits per heavy atom. The van der Waals surface area contributed by atoms with Crippen LogP contribution >= 0.6 is 0 Å². The molecule has 0 aliphatic carbocycles. The Balaban J connectivity index is 0.00000208. The fourth-order valence-electron chi connectivity index (χ4n) is 3.81. The minimum absolute atomic E-state index is 0. The Morgan fingerprint density at radius 3 is 1.75 bits per heavy atom. The third-order valence-corrected chi connectivity index (χ3v) is 5.41. The molecule has 0 saturated carbocycles. The van der Waals surface area contributed by atoms with Crippen molar-refractivity contribution in [1.29, 1.82) is 0 Å². The normalized spacial score (nSPS) is 17.1. The Hall–Kier alpha value is -0.910. The number of benzene rings is 2. The number of hydrogen-bond donors (Lipinski definition) is 1. The van der Waals surface area contributed by atoms with E-state index >= 15 is 0 Å². The second kappa shape index (κ2) is 8.45. The van der Waals surface area contributed by atoms with Crippen molar-refractivity contribution < 1.29 is 33.6 Å². The van der Waals surface area contributed by atoms with Crippen molar-refractivity contribution in [3.05, 3.63) is 71.8 Å². The molecule has 3 rings (SSSR count). The molecule has 2 aromatic rings. The first kappa shape index (κ1) is 19.4. The van der Waals surface area contributed by atoms with Crippen LogP contribution in [0.5, 0.6) is 0 Å². The van der Waals surface area contributed by atoms with E-state index in [4.69, 9.17) is 0 Å². The summed E-state index contributed by atoms with van der Waals surface area (Å²) < 4.78 is 1.09. The summed E-state index contributed by atoms with van der Waals surface area (Å²) in [5, 5.41) is 11.6. The summed E-state index contributed by atoms with van der Waals surface area (Å²) in [6, 6.07) is 20.3. The second-order valence-corrected chi connectivity index (χ2v) is 7.19. The van der Waals surface area contributed by atoms with Gasteiger partial charge in [-0.25, -0.2) is 0 Å². The Kier molecular flexibility index (Phi) is 6.84. The third-order valence-electron chi connectivity index (χ3n) is 5.41. The molecule has 0 amide bonds. The van der Waals surface area contributed by atoms with Crippen LogP contribution in [-0.2, 0) is 5.60 Å². The number of rotatable bonds is 5. The Morgan fingerprint density at radius 2 is 1.29 bits per heavy atom. The van der Waals surface area contributed by atoms with Gasteiger partial charge in [0.2, 0.25) is 0 Å². The lowest BCUT2D eigenvalue weighted by atomic mass is 9.83. The fourth-order valence-corrected chi connectivity index (χ4v) is 3.81. The number of aliphatic hydroxyl groups is 1. The first-order valence-electron chi connectivity index (χ1n) is 8.79. The van der Waals surface area contributed by atoms with E-state index in [1.165, 1.54) is 32.4 Å². The summed E-state index contributed by atoms with van der Waals surface area (Å²) in [7, 11) is 2.34. The molecule has 0 atom stereocenters. The summed E-state index contributed by atoms with van der Waals surface area (Å²) in [6.07, 6.45) is 4.74. The fraction of sp³-hybridized carbons (Fsp3) is 0.429. The van der Waals surface area contributed by atoms with Crippen molar-refractivity contribution >= 4 is 0 Å². The highest BCUT2D eigenvalue weighted by Gasteiger charge is 2.35. The molecule has 0 bridgehead atoms. The third kappa shape index (κ3) is 4.38. The van der Waals surface area contributed by atoms with Crippen molar-refractivity contribution in [3.63, 3.8) is 0 Å². The molecule has 0 unspecified atom stereocenters. The van der Waals surface area contributed by atoms with E-state index in [-0.39, 0.29) is 24.0 Å². The number of likely N-dealkylation sites (tertiary alicyclic amines) is 1. The van der Waals surface area contributed by atoms with Crippen LogP contribution in [0.15, 0.2) is 60.7 Å². The molecule has 1 saturated heterocycles. The van der Waals surface area contributed by atoms with Crippen LogP contribution in [0.2, 0.25) is 0 Å². The van der Waals surface area contributed by atoms with Crippen LogP contribution in [0, 0.1) is 0 Å². The van der Waals surface area contributed by atoms with E-state index in [1.807, 2.05) is 60.7 Å². The zero-order valence-electron chi connectivity index (χ0n) is 14.5. The molecule has 2 aromatic carbocycles. The standard InChI is InChI=1S/C21H28NO.HI/c1-22(16-9-4-10-17-22)18-15-21(23,19-11-5-2-6-12-19)20-13-7-3-8-14-20;/h2-3,5-8,11-14,23H,4,9-10,15-18H2,1H3;1H/q+1;/p-1. The number of quaternary nitrogens is 1. The van der Waals surface area contributed by atoms with E-state index in [9.17, 15) is 5.11 Å². The molecule has 0 radical (unpaired) electrons. The van der Waals surface area contributed by atoms with Gasteiger partial charge in [0.15, 0.2) is 0 Å². The van der Waals surface area contributed by atoms with Gasteiger partial charge in [-0.2, -0.15) is 0 Å². The molecule has 1 aliphatic heterocycles. The lowest BCUT2D eigenvalue weighted by molar-refractivity contribution is -0.914. The van der Waals surface area contributed by atoms with Gasteiger partial charge < -0.3 is 33.6 Å². The summed E-state index contributed by atoms with van der Waals surface area (Å²) in [4.78, 5) is 0. The first-order chi connectivity index (χ1) is 11.1. The largest absolute Gasteiger partial charge is 1.00 e. The van der Waals surface area contributed by atoms with Crippen LogP contribution in [0.1, 0.15) is 36.8 Å². The highest BCUT2D eigenvalue weighted by molar-refractivity contribution is 5.35. The molecule has 1 N–H and O–H groups in total.